The zero-order valence-electron chi connectivity index (χ0n) is 19.0. The summed E-state index contributed by atoms with van der Waals surface area (Å²) in [6, 6.07) is 12.4. The Hall–Kier alpha value is -3.07. The number of benzene rings is 2. The number of aryl methyl sites for hydroxylation is 3. The molecule has 3 rings (SSSR count). The van der Waals surface area contributed by atoms with Crippen molar-refractivity contribution in [3.8, 4) is 0 Å². The molecule has 0 spiro atoms. The van der Waals surface area contributed by atoms with Crippen molar-refractivity contribution in [3.05, 3.63) is 95.7 Å². The van der Waals surface area contributed by atoms with Gasteiger partial charge in [-0.2, -0.15) is 0 Å². The first kappa shape index (κ1) is 22.6. The largest absolute Gasteiger partial charge is 0.382 e. The van der Waals surface area contributed by atoms with E-state index in [4.69, 9.17) is 5.41 Å². The zero-order chi connectivity index (χ0) is 22.4. The molecule has 0 atom stereocenters. The van der Waals surface area contributed by atoms with E-state index in [0.717, 1.165) is 40.5 Å². The molecule has 0 aromatic heterocycles. The van der Waals surface area contributed by atoms with Gasteiger partial charge in [-0.05, 0) is 55.4 Å². The molecule has 0 amide bonds. The van der Waals surface area contributed by atoms with E-state index in [9.17, 15) is 0 Å². The highest BCUT2D eigenvalue weighted by Crippen LogP contribution is 2.34. The van der Waals surface area contributed by atoms with Crippen LogP contribution in [-0.2, 0) is 6.42 Å². The topological polar surface area (TPSA) is 47.9 Å². The van der Waals surface area contributed by atoms with Crippen molar-refractivity contribution < 1.29 is 0 Å². The highest BCUT2D eigenvalue weighted by atomic mass is 14.9. The van der Waals surface area contributed by atoms with Crippen LogP contribution in [0, 0.1) is 25.2 Å². The molecule has 1 aliphatic rings. The molecule has 1 aliphatic carbocycles. The average Bonchev–Trinajstić information content (AvgIpc) is 3.57. The van der Waals surface area contributed by atoms with Gasteiger partial charge in [0.15, 0.2) is 0 Å². The molecule has 0 saturated heterocycles. The van der Waals surface area contributed by atoms with E-state index in [1.165, 1.54) is 36.0 Å². The van der Waals surface area contributed by atoms with Crippen LogP contribution >= 0.6 is 0 Å². The van der Waals surface area contributed by atoms with Gasteiger partial charge in [0.25, 0.3) is 0 Å². The SMILES string of the molecule is C=CCNC(=C)c1ccccc1C(=N)CC(=C)Nc1cc(CCC2CC2)c(C)cc1C. The fourth-order valence-corrected chi connectivity index (χ4v) is 3.91. The molecule has 0 heterocycles. The Morgan fingerprint density at radius 3 is 2.48 bits per heavy atom. The summed E-state index contributed by atoms with van der Waals surface area (Å²) in [5.74, 6) is 0.934. The molecule has 1 fully saturated rings. The van der Waals surface area contributed by atoms with Crippen molar-refractivity contribution in [2.24, 2.45) is 5.92 Å². The summed E-state index contributed by atoms with van der Waals surface area (Å²) in [5, 5.41) is 15.4. The molecule has 162 valence electrons. The van der Waals surface area contributed by atoms with E-state index < -0.39 is 0 Å². The number of rotatable bonds is 12. The summed E-state index contributed by atoms with van der Waals surface area (Å²) in [5.41, 5.74) is 9.04. The number of allylic oxidation sites excluding steroid dienone is 1. The molecular formula is C28H35N3. The Balaban J connectivity index is 1.68. The van der Waals surface area contributed by atoms with E-state index in [0.29, 0.717) is 18.7 Å². The van der Waals surface area contributed by atoms with E-state index in [-0.39, 0.29) is 0 Å². The van der Waals surface area contributed by atoms with Crippen LogP contribution in [0.2, 0.25) is 0 Å². The molecule has 3 N–H and O–H groups in total. The van der Waals surface area contributed by atoms with Crippen LogP contribution in [-0.4, -0.2) is 12.3 Å². The minimum absolute atomic E-state index is 0.455. The Labute approximate surface area is 187 Å². The summed E-state index contributed by atoms with van der Waals surface area (Å²) in [4.78, 5) is 0. The highest BCUT2D eigenvalue weighted by Gasteiger charge is 2.21. The lowest BCUT2D eigenvalue weighted by atomic mass is 9.97. The number of anilines is 1. The van der Waals surface area contributed by atoms with Crippen molar-refractivity contribution in [3.63, 3.8) is 0 Å². The van der Waals surface area contributed by atoms with Gasteiger partial charge < -0.3 is 16.0 Å². The smallest absolute Gasteiger partial charge is 0.0451 e. The molecule has 0 bridgehead atoms. The fraction of sp³-hybridized carbons (Fsp3) is 0.321. The van der Waals surface area contributed by atoms with Gasteiger partial charge in [0.1, 0.15) is 0 Å². The Kier molecular flexibility index (Phi) is 7.51. The second-order valence-electron chi connectivity index (χ2n) is 8.65. The lowest BCUT2D eigenvalue weighted by Crippen LogP contribution is -2.15. The van der Waals surface area contributed by atoms with Gasteiger partial charge in [-0.3, -0.25) is 0 Å². The fourth-order valence-electron chi connectivity index (χ4n) is 3.91. The van der Waals surface area contributed by atoms with Crippen molar-refractivity contribution in [2.75, 3.05) is 11.9 Å². The second-order valence-corrected chi connectivity index (χ2v) is 8.65. The number of hydrogen-bond donors (Lipinski definition) is 3. The molecule has 1 saturated carbocycles. The minimum Gasteiger partial charge on any atom is -0.382 e. The van der Waals surface area contributed by atoms with Crippen LogP contribution < -0.4 is 10.6 Å². The van der Waals surface area contributed by atoms with Crippen LogP contribution in [0.1, 0.15) is 53.5 Å². The predicted octanol–water partition coefficient (Wildman–Crippen LogP) is 6.78. The molecule has 0 unspecified atom stereocenters. The van der Waals surface area contributed by atoms with Gasteiger partial charge >= 0.3 is 0 Å². The Morgan fingerprint density at radius 1 is 1.10 bits per heavy atom. The van der Waals surface area contributed by atoms with Crippen LogP contribution in [0.15, 0.2) is 67.9 Å². The predicted molar refractivity (Wildman–Crippen MR) is 135 cm³/mol. The molecule has 31 heavy (non-hydrogen) atoms. The molecule has 2 aromatic rings. The maximum absolute atomic E-state index is 8.70. The van der Waals surface area contributed by atoms with Crippen LogP contribution in [0.3, 0.4) is 0 Å². The van der Waals surface area contributed by atoms with E-state index in [1.54, 1.807) is 6.08 Å². The molecule has 2 aromatic carbocycles. The van der Waals surface area contributed by atoms with E-state index >= 15 is 0 Å². The number of nitrogens with one attached hydrogen (secondary N) is 3. The first-order chi connectivity index (χ1) is 14.9. The maximum Gasteiger partial charge on any atom is 0.0451 e. The molecular weight excluding hydrogens is 378 g/mol. The molecule has 0 radical (unpaired) electrons. The first-order valence-corrected chi connectivity index (χ1v) is 11.1. The van der Waals surface area contributed by atoms with Crippen molar-refractivity contribution >= 4 is 17.1 Å². The van der Waals surface area contributed by atoms with Crippen LogP contribution in [0.4, 0.5) is 5.69 Å². The monoisotopic (exact) mass is 413 g/mol. The normalized spacial score (nSPS) is 12.8. The van der Waals surface area contributed by atoms with Gasteiger partial charge in [-0.1, -0.05) is 62.4 Å². The lowest BCUT2D eigenvalue weighted by Gasteiger charge is -2.18. The van der Waals surface area contributed by atoms with E-state index in [2.05, 4.69) is 56.4 Å². The summed E-state index contributed by atoms with van der Waals surface area (Å²) < 4.78 is 0. The standard InChI is InChI=1S/C28H35N3/c1-6-15-30-22(5)25-9-7-8-10-26(25)27(29)17-21(4)31-28-18-24(14-13-23-11-12-23)19(2)16-20(28)3/h6-10,16,18,23,29-31H,1,4-5,11-15,17H2,2-3H3. The average molecular weight is 414 g/mol. The van der Waals surface area contributed by atoms with Gasteiger partial charge in [0, 0.05) is 46.9 Å². The summed E-state index contributed by atoms with van der Waals surface area (Å²) in [7, 11) is 0. The van der Waals surface area contributed by atoms with Crippen molar-refractivity contribution in [2.45, 2.75) is 46.0 Å². The summed E-state index contributed by atoms with van der Waals surface area (Å²) in [6.07, 6.45) is 7.47. The van der Waals surface area contributed by atoms with Gasteiger partial charge in [0.2, 0.25) is 0 Å². The minimum atomic E-state index is 0.455. The third-order valence-corrected chi connectivity index (χ3v) is 5.94. The van der Waals surface area contributed by atoms with Crippen molar-refractivity contribution in [1.82, 2.24) is 5.32 Å². The van der Waals surface area contributed by atoms with E-state index in [1.807, 2.05) is 24.3 Å². The second kappa shape index (κ2) is 10.3. The first-order valence-electron chi connectivity index (χ1n) is 11.1. The highest BCUT2D eigenvalue weighted by molar-refractivity contribution is 6.03. The van der Waals surface area contributed by atoms with Gasteiger partial charge in [0.05, 0.1) is 0 Å². The Morgan fingerprint density at radius 2 is 1.81 bits per heavy atom. The maximum atomic E-state index is 8.70. The van der Waals surface area contributed by atoms with Gasteiger partial charge in [-0.15, -0.1) is 6.58 Å². The summed E-state index contributed by atoms with van der Waals surface area (Å²) >= 11 is 0. The summed E-state index contributed by atoms with van der Waals surface area (Å²) in [6.45, 7) is 17.0. The van der Waals surface area contributed by atoms with Crippen molar-refractivity contribution in [1.29, 1.82) is 5.41 Å². The van der Waals surface area contributed by atoms with Gasteiger partial charge in [-0.25, -0.2) is 0 Å². The third-order valence-electron chi connectivity index (χ3n) is 5.94. The molecule has 3 heteroatoms. The van der Waals surface area contributed by atoms with Crippen LogP contribution in [0.25, 0.3) is 5.70 Å². The Bertz CT molecular complexity index is 995. The third kappa shape index (κ3) is 6.21. The lowest BCUT2D eigenvalue weighted by molar-refractivity contribution is 0.724. The molecule has 0 aliphatic heterocycles. The molecule has 3 nitrogen and oxygen atoms in total. The quantitative estimate of drug-likeness (QED) is 0.265. The van der Waals surface area contributed by atoms with Crippen LogP contribution in [0.5, 0.6) is 0 Å². The zero-order valence-corrected chi connectivity index (χ0v) is 19.0. The number of hydrogen-bond acceptors (Lipinski definition) is 3.